The van der Waals surface area contributed by atoms with E-state index in [0.717, 1.165) is 16.1 Å². The third-order valence-corrected chi connectivity index (χ3v) is 5.33. The first-order valence-corrected chi connectivity index (χ1v) is 9.32. The molecule has 0 saturated heterocycles. The van der Waals surface area contributed by atoms with Crippen molar-refractivity contribution in [1.82, 2.24) is 4.98 Å². The van der Waals surface area contributed by atoms with Gasteiger partial charge < -0.3 is 5.32 Å². The number of carbonyl (C=O) groups excluding carboxylic acids is 2. The summed E-state index contributed by atoms with van der Waals surface area (Å²) in [4.78, 5) is 30.0. The third-order valence-electron chi connectivity index (χ3n) is 3.54. The minimum Gasteiger partial charge on any atom is -0.302 e. The summed E-state index contributed by atoms with van der Waals surface area (Å²) in [5.41, 5.74) is 1.51. The Balaban J connectivity index is 1.61. The molecule has 2 heterocycles. The molecule has 1 aromatic carbocycles. The molecule has 0 unspecified atom stereocenters. The van der Waals surface area contributed by atoms with Crippen LogP contribution >= 0.6 is 22.7 Å². The Morgan fingerprint density at radius 3 is 2.60 bits per heavy atom. The largest absolute Gasteiger partial charge is 0.302 e. The average molecular weight is 374 g/mol. The van der Waals surface area contributed by atoms with Gasteiger partial charge in [0.05, 0.1) is 10.6 Å². The summed E-state index contributed by atoms with van der Waals surface area (Å²) in [6, 6.07) is 9.63. The molecule has 0 spiro atoms. The lowest BCUT2D eigenvalue weighted by Gasteiger charge is -2.01. The van der Waals surface area contributed by atoms with E-state index in [0.29, 0.717) is 10.0 Å². The monoisotopic (exact) mass is 374 g/mol. The Hall–Kier alpha value is -2.38. The highest BCUT2D eigenvalue weighted by atomic mass is 32.1. The second-order valence-electron chi connectivity index (χ2n) is 5.38. The molecule has 0 radical (unpaired) electrons. The molecule has 25 heavy (non-hydrogen) atoms. The zero-order chi connectivity index (χ0) is 17.8. The summed E-state index contributed by atoms with van der Waals surface area (Å²) in [7, 11) is 0. The van der Waals surface area contributed by atoms with Crippen LogP contribution < -0.4 is 5.32 Å². The van der Waals surface area contributed by atoms with Gasteiger partial charge in [0.2, 0.25) is 5.91 Å². The first-order chi connectivity index (χ1) is 12.0. The van der Waals surface area contributed by atoms with Crippen LogP contribution in [-0.4, -0.2) is 16.7 Å². The number of hydrogen-bond donors (Lipinski definition) is 1. The predicted molar refractivity (Wildman–Crippen MR) is 98.8 cm³/mol. The topological polar surface area (TPSA) is 59.1 Å². The Labute approximate surface area is 152 Å². The van der Waals surface area contributed by atoms with Gasteiger partial charge in [0.25, 0.3) is 0 Å². The number of amides is 1. The number of halogens is 1. The first-order valence-electron chi connectivity index (χ1n) is 7.63. The van der Waals surface area contributed by atoms with Gasteiger partial charge in [0.1, 0.15) is 5.82 Å². The number of aromatic nitrogens is 1. The minimum absolute atomic E-state index is 0.0347. The zero-order valence-electron chi connectivity index (χ0n) is 13.4. The fourth-order valence-corrected chi connectivity index (χ4v) is 3.84. The van der Waals surface area contributed by atoms with E-state index in [1.807, 2.05) is 18.4 Å². The van der Waals surface area contributed by atoms with E-state index >= 15 is 0 Å². The zero-order valence-corrected chi connectivity index (χ0v) is 15.0. The summed E-state index contributed by atoms with van der Waals surface area (Å²) < 4.78 is 13.0. The van der Waals surface area contributed by atoms with Gasteiger partial charge in [-0.15, -0.1) is 22.7 Å². The molecule has 3 aromatic rings. The Bertz CT molecular complexity index is 886. The van der Waals surface area contributed by atoms with Gasteiger partial charge in [-0.2, -0.15) is 0 Å². The molecule has 0 fully saturated rings. The van der Waals surface area contributed by atoms with Crippen molar-refractivity contribution >= 4 is 39.5 Å². The Morgan fingerprint density at radius 1 is 1.16 bits per heavy atom. The lowest BCUT2D eigenvalue weighted by molar-refractivity contribution is -0.116. The predicted octanol–water partition coefficient (Wildman–Crippen LogP) is 4.92. The van der Waals surface area contributed by atoms with Crippen LogP contribution in [0.4, 0.5) is 9.52 Å². The highest BCUT2D eigenvalue weighted by molar-refractivity contribution is 7.16. The van der Waals surface area contributed by atoms with Crippen LogP contribution in [0.25, 0.3) is 11.3 Å². The lowest BCUT2D eigenvalue weighted by Crippen LogP contribution is -2.13. The summed E-state index contributed by atoms with van der Waals surface area (Å²) in [6.07, 6.45) is 0.281. The van der Waals surface area contributed by atoms with Crippen LogP contribution in [-0.2, 0) is 4.79 Å². The van der Waals surface area contributed by atoms with Crippen molar-refractivity contribution in [2.45, 2.75) is 19.8 Å². The summed E-state index contributed by atoms with van der Waals surface area (Å²) >= 11 is 2.73. The molecule has 128 valence electrons. The number of thiazole rings is 1. The van der Waals surface area contributed by atoms with Crippen molar-refractivity contribution < 1.29 is 14.0 Å². The summed E-state index contributed by atoms with van der Waals surface area (Å²) in [6.45, 7) is 1.90. The van der Waals surface area contributed by atoms with Gasteiger partial charge in [-0.1, -0.05) is 6.07 Å². The maximum Gasteiger partial charge on any atom is 0.226 e. The van der Waals surface area contributed by atoms with Crippen molar-refractivity contribution in [2.75, 3.05) is 5.32 Å². The molecule has 7 heteroatoms. The van der Waals surface area contributed by atoms with Gasteiger partial charge >= 0.3 is 0 Å². The number of anilines is 1. The van der Waals surface area contributed by atoms with Crippen molar-refractivity contribution in [3.63, 3.8) is 0 Å². The highest BCUT2D eigenvalue weighted by Gasteiger charge is 2.14. The summed E-state index contributed by atoms with van der Waals surface area (Å²) in [5, 5.41) is 5.04. The van der Waals surface area contributed by atoms with Crippen molar-refractivity contribution in [3.05, 3.63) is 57.3 Å². The van der Waals surface area contributed by atoms with E-state index < -0.39 is 0 Å². The van der Waals surface area contributed by atoms with Crippen molar-refractivity contribution in [1.29, 1.82) is 0 Å². The maximum absolute atomic E-state index is 13.0. The number of Topliss-reactive ketones (excluding diaryl/α,β-unsaturated/α-hetero) is 1. The normalized spacial score (nSPS) is 10.6. The molecule has 0 bridgehead atoms. The van der Waals surface area contributed by atoms with E-state index in [1.165, 1.54) is 34.8 Å². The second kappa shape index (κ2) is 7.67. The molecule has 1 amide bonds. The van der Waals surface area contributed by atoms with E-state index in [2.05, 4.69) is 10.3 Å². The standard InChI is InChI=1S/C18H15FN2O2S2/c1-11-17(12-4-6-13(19)7-5-12)21-18(25-11)20-16(23)9-8-14(22)15-3-2-10-24-15/h2-7,10H,8-9H2,1H3,(H,20,21,23). The molecule has 4 nitrogen and oxygen atoms in total. The molecule has 3 rings (SSSR count). The van der Waals surface area contributed by atoms with Crippen LogP contribution in [0.15, 0.2) is 41.8 Å². The fraction of sp³-hybridized carbons (Fsp3) is 0.167. The number of thiophene rings is 1. The SMILES string of the molecule is Cc1sc(NC(=O)CCC(=O)c2cccs2)nc1-c1ccc(F)cc1. The third kappa shape index (κ3) is 4.37. The summed E-state index contributed by atoms with van der Waals surface area (Å²) in [5.74, 6) is -0.586. The number of rotatable bonds is 6. The fourth-order valence-electron chi connectivity index (χ4n) is 2.29. The van der Waals surface area contributed by atoms with Gasteiger partial charge in [-0.25, -0.2) is 9.37 Å². The van der Waals surface area contributed by atoms with Crippen LogP contribution in [0.3, 0.4) is 0 Å². The Kier molecular flexibility index (Phi) is 5.35. The molecule has 0 aliphatic rings. The van der Waals surface area contributed by atoms with Crippen LogP contribution in [0.2, 0.25) is 0 Å². The van der Waals surface area contributed by atoms with E-state index in [1.54, 1.807) is 18.2 Å². The van der Waals surface area contributed by atoms with Crippen LogP contribution in [0, 0.1) is 12.7 Å². The first kappa shape index (κ1) is 17.4. The molecule has 0 aliphatic heterocycles. The number of nitrogens with zero attached hydrogens (tertiary/aromatic N) is 1. The van der Waals surface area contributed by atoms with Gasteiger partial charge in [-0.3, -0.25) is 9.59 Å². The molecule has 0 atom stereocenters. The van der Waals surface area contributed by atoms with Gasteiger partial charge in [0, 0.05) is 23.3 Å². The van der Waals surface area contributed by atoms with E-state index in [-0.39, 0.29) is 30.3 Å². The van der Waals surface area contributed by atoms with Gasteiger partial charge in [-0.05, 0) is 42.6 Å². The van der Waals surface area contributed by atoms with Crippen LogP contribution in [0.5, 0.6) is 0 Å². The average Bonchev–Trinajstić information content (AvgIpc) is 3.23. The molecular weight excluding hydrogens is 359 g/mol. The molecule has 0 aliphatic carbocycles. The molecule has 1 N–H and O–H groups in total. The van der Waals surface area contributed by atoms with E-state index in [9.17, 15) is 14.0 Å². The van der Waals surface area contributed by atoms with Gasteiger partial charge in [0.15, 0.2) is 10.9 Å². The quantitative estimate of drug-likeness (QED) is 0.623. The molecule has 2 aromatic heterocycles. The lowest BCUT2D eigenvalue weighted by atomic mass is 10.1. The van der Waals surface area contributed by atoms with E-state index in [4.69, 9.17) is 0 Å². The maximum atomic E-state index is 13.0. The smallest absolute Gasteiger partial charge is 0.226 e. The molecule has 0 saturated carbocycles. The molecular formula is C18H15FN2O2S2. The van der Waals surface area contributed by atoms with Crippen molar-refractivity contribution in [3.8, 4) is 11.3 Å². The highest BCUT2D eigenvalue weighted by Crippen LogP contribution is 2.30. The minimum atomic E-state index is -0.305. The number of ketones is 1. The second-order valence-corrected chi connectivity index (χ2v) is 7.53. The number of carbonyl (C=O) groups is 2. The number of hydrogen-bond acceptors (Lipinski definition) is 5. The van der Waals surface area contributed by atoms with Crippen molar-refractivity contribution in [2.24, 2.45) is 0 Å². The van der Waals surface area contributed by atoms with Crippen LogP contribution in [0.1, 0.15) is 27.4 Å². The Morgan fingerprint density at radius 2 is 1.92 bits per heavy atom. The number of aryl methyl sites for hydroxylation is 1. The number of benzene rings is 1. The number of nitrogens with one attached hydrogen (secondary N) is 1.